The predicted octanol–water partition coefficient (Wildman–Crippen LogP) is 3.09. The smallest absolute Gasteiger partial charge is 0.406 e. The van der Waals surface area contributed by atoms with Gasteiger partial charge in [-0.2, -0.15) is 0 Å². The second-order valence-corrected chi connectivity index (χ2v) is 7.08. The first-order chi connectivity index (χ1) is 12.0. The summed E-state index contributed by atoms with van der Waals surface area (Å²) in [5.41, 5.74) is 0.586. The van der Waals surface area contributed by atoms with E-state index in [1.807, 2.05) is 0 Å². The van der Waals surface area contributed by atoms with E-state index in [1.54, 1.807) is 14.1 Å². The van der Waals surface area contributed by atoms with Crippen LogP contribution in [-0.4, -0.2) is 39.7 Å². The summed E-state index contributed by atoms with van der Waals surface area (Å²) >= 11 is 0. The summed E-state index contributed by atoms with van der Waals surface area (Å²) in [6, 6.07) is 9.54. The third kappa shape index (κ3) is 5.12. The van der Waals surface area contributed by atoms with Crippen molar-refractivity contribution in [2.45, 2.75) is 11.3 Å². The summed E-state index contributed by atoms with van der Waals surface area (Å²) in [5.74, 6) is -0.761. The number of halogens is 3. The van der Waals surface area contributed by atoms with Crippen molar-refractivity contribution in [3.63, 3.8) is 0 Å². The molecular formula is C16H15F3N2O4S. The highest BCUT2D eigenvalue weighted by molar-refractivity contribution is 7.92. The molecule has 0 aromatic heterocycles. The lowest BCUT2D eigenvalue weighted by Gasteiger charge is -2.12. The largest absolute Gasteiger partial charge is 0.573 e. The third-order valence-electron chi connectivity index (χ3n) is 3.16. The highest BCUT2D eigenvalue weighted by atomic mass is 32.2. The Morgan fingerprint density at radius 1 is 1.00 bits per heavy atom. The van der Waals surface area contributed by atoms with Crippen molar-refractivity contribution in [2.24, 2.45) is 0 Å². The van der Waals surface area contributed by atoms with E-state index in [0.717, 1.165) is 24.3 Å². The molecule has 0 radical (unpaired) electrons. The Balaban J connectivity index is 2.14. The van der Waals surface area contributed by atoms with Gasteiger partial charge in [-0.25, -0.2) is 8.42 Å². The second kappa shape index (κ2) is 7.24. The van der Waals surface area contributed by atoms with Crippen molar-refractivity contribution in [2.75, 3.05) is 18.8 Å². The van der Waals surface area contributed by atoms with Crippen molar-refractivity contribution in [3.05, 3.63) is 54.1 Å². The Labute approximate surface area is 148 Å². The number of carbonyl (C=O) groups is 1. The van der Waals surface area contributed by atoms with Gasteiger partial charge < -0.3 is 9.64 Å². The number of nitrogens with one attached hydrogen (secondary N) is 1. The van der Waals surface area contributed by atoms with Crippen molar-refractivity contribution < 1.29 is 31.1 Å². The molecule has 0 aliphatic heterocycles. The number of nitrogens with zero attached hydrogens (tertiary/aromatic N) is 1. The van der Waals surface area contributed by atoms with Crippen LogP contribution in [0.1, 0.15) is 10.4 Å². The minimum Gasteiger partial charge on any atom is -0.406 e. The number of hydrogen-bond donors (Lipinski definition) is 1. The van der Waals surface area contributed by atoms with E-state index in [4.69, 9.17) is 0 Å². The number of benzene rings is 2. The van der Waals surface area contributed by atoms with Crippen LogP contribution in [0.15, 0.2) is 53.4 Å². The summed E-state index contributed by atoms with van der Waals surface area (Å²) < 4.78 is 66.9. The number of hydrogen-bond acceptors (Lipinski definition) is 4. The highest BCUT2D eigenvalue weighted by Crippen LogP contribution is 2.24. The predicted molar refractivity (Wildman–Crippen MR) is 88.4 cm³/mol. The van der Waals surface area contributed by atoms with Crippen LogP contribution in [0.2, 0.25) is 0 Å². The van der Waals surface area contributed by atoms with Gasteiger partial charge in [0.05, 0.1) is 4.90 Å². The van der Waals surface area contributed by atoms with Crippen LogP contribution in [0.4, 0.5) is 18.9 Å². The van der Waals surface area contributed by atoms with Gasteiger partial charge >= 0.3 is 6.36 Å². The van der Waals surface area contributed by atoms with Gasteiger partial charge in [-0.1, -0.05) is 0 Å². The molecule has 6 nitrogen and oxygen atoms in total. The molecule has 1 N–H and O–H groups in total. The van der Waals surface area contributed by atoms with E-state index >= 15 is 0 Å². The standard InChI is InChI=1S/C16H15F3N2O4S/c1-21(2)15(22)11-3-5-12(6-4-11)20-26(23,24)14-9-7-13(8-10-14)25-16(17,18)19/h3-10,20H,1-2H3. The van der Waals surface area contributed by atoms with E-state index in [-0.39, 0.29) is 16.5 Å². The molecule has 0 aliphatic carbocycles. The second-order valence-electron chi connectivity index (χ2n) is 5.40. The molecular weight excluding hydrogens is 373 g/mol. The van der Waals surface area contributed by atoms with Gasteiger partial charge in [-0.05, 0) is 48.5 Å². The molecule has 0 saturated carbocycles. The quantitative estimate of drug-likeness (QED) is 0.854. The van der Waals surface area contributed by atoms with Crippen molar-refractivity contribution in [1.82, 2.24) is 4.90 Å². The molecule has 2 rings (SSSR count). The average molecular weight is 388 g/mol. The number of amides is 1. The number of anilines is 1. The third-order valence-corrected chi connectivity index (χ3v) is 4.56. The lowest BCUT2D eigenvalue weighted by molar-refractivity contribution is -0.274. The van der Waals surface area contributed by atoms with Crippen LogP contribution in [0, 0.1) is 0 Å². The molecule has 0 heterocycles. The van der Waals surface area contributed by atoms with Gasteiger partial charge in [0, 0.05) is 25.3 Å². The Bertz CT molecular complexity index is 877. The number of alkyl halides is 3. The zero-order chi connectivity index (χ0) is 19.5. The van der Waals surface area contributed by atoms with Gasteiger partial charge in [-0.3, -0.25) is 9.52 Å². The Morgan fingerprint density at radius 2 is 1.54 bits per heavy atom. The van der Waals surface area contributed by atoms with E-state index in [1.165, 1.54) is 29.2 Å². The van der Waals surface area contributed by atoms with Gasteiger partial charge in [0.2, 0.25) is 0 Å². The van der Waals surface area contributed by atoms with Gasteiger partial charge in [-0.15, -0.1) is 13.2 Å². The molecule has 0 spiro atoms. The van der Waals surface area contributed by atoms with E-state index < -0.39 is 22.1 Å². The molecule has 0 unspecified atom stereocenters. The average Bonchev–Trinajstić information content (AvgIpc) is 2.53. The molecule has 2 aromatic rings. The van der Waals surface area contributed by atoms with Crippen LogP contribution in [0.5, 0.6) is 5.75 Å². The maximum Gasteiger partial charge on any atom is 0.573 e. The molecule has 0 aliphatic rings. The summed E-state index contributed by atoms with van der Waals surface area (Å²) in [6.07, 6.45) is -4.86. The minimum absolute atomic E-state index is 0.205. The van der Waals surface area contributed by atoms with Gasteiger partial charge in [0.15, 0.2) is 0 Å². The van der Waals surface area contributed by atoms with Crippen LogP contribution >= 0.6 is 0 Å². The lowest BCUT2D eigenvalue weighted by Crippen LogP contribution is -2.21. The number of ether oxygens (including phenoxy) is 1. The van der Waals surface area contributed by atoms with E-state index in [0.29, 0.717) is 5.56 Å². The highest BCUT2D eigenvalue weighted by Gasteiger charge is 2.31. The van der Waals surface area contributed by atoms with Crippen molar-refractivity contribution in [3.8, 4) is 5.75 Å². The van der Waals surface area contributed by atoms with Gasteiger partial charge in [0.25, 0.3) is 15.9 Å². The Morgan fingerprint density at radius 3 is 2.00 bits per heavy atom. The Hall–Kier alpha value is -2.75. The zero-order valence-electron chi connectivity index (χ0n) is 13.7. The summed E-state index contributed by atoms with van der Waals surface area (Å²) in [4.78, 5) is 12.9. The fraction of sp³-hybridized carbons (Fsp3) is 0.188. The van der Waals surface area contributed by atoms with E-state index in [9.17, 15) is 26.4 Å². The molecule has 2 aromatic carbocycles. The number of sulfonamides is 1. The van der Waals surface area contributed by atoms with Gasteiger partial charge in [0.1, 0.15) is 5.75 Å². The fourth-order valence-corrected chi connectivity index (χ4v) is 3.03. The summed E-state index contributed by atoms with van der Waals surface area (Å²) in [7, 11) is -0.829. The van der Waals surface area contributed by atoms with Crippen LogP contribution < -0.4 is 9.46 Å². The minimum atomic E-state index is -4.86. The maximum atomic E-state index is 12.3. The maximum absolute atomic E-state index is 12.3. The molecule has 1 amide bonds. The summed E-state index contributed by atoms with van der Waals surface area (Å²) in [6.45, 7) is 0. The topological polar surface area (TPSA) is 75.7 Å². The fourth-order valence-electron chi connectivity index (χ4n) is 1.97. The molecule has 0 bridgehead atoms. The Kier molecular flexibility index (Phi) is 5.45. The molecule has 0 fully saturated rings. The first kappa shape index (κ1) is 19.6. The first-order valence-corrected chi connectivity index (χ1v) is 8.66. The lowest BCUT2D eigenvalue weighted by atomic mass is 10.2. The monoisotopic (exact) mass is 388 g/mol. The zero-order valence-corrected chi connectivity index (χ0v) is 14.6. The molecule has 0 atom stereocenters. The van der Waals surface area contributed by atoms with Crippen LogP contribution in [0.25, 0.3) is 0 Å². The molecule has 26 heavy (non-hydrogen) atoms. The van der Waals surface area contributed by atoms with E-state index in [2.05, 4.69) is 9.46 Å². The van der Waals surface area contributed by atoms with Crippen LogP contribution in [0.3, 0.4) is 0 Å². The summed E-state index contributed by atoms with van der Waals surface area (Å²) in [5, 5.41) is 0. The molecule has 140 valence electrons. The van der Waals surface area contributed by atoms with Crippen molar-refractivity contribution in [1.29, 1.82) is 0 Å². The molecule has 10 heteroatoms. The van der Waals surface area contributed by atoms with Crippen molar-refractivity contribution >= 4 is 21.6 Å². The first-order valence-electron chi connectivity index (χ1n) is 7.18. The normalized spacial score (nSPS) is 11.7. The van der Waals surface area contributed by atoms with Crippen LogP contribution in [-0.2, 0) is 10.0 Å². The molecule has 0 saturated heterocycles. The number of carbonyl (C=O) groups excluding carboxylic acids is 1. The SMILES string of the molecule is CN(C)C(=O)c1ccc(NS(=O)(=O)c2ccc(OC(F)(F)F)cc2)cc1. The number of rotatable bonds is 5.